The molecular formula is C16H26N2O2. The van der Waals surface area contributed by atoms with Gasteiger partial charge in [-0.15, -0.1) is 0 Å². The molecule has 1 aromatic rings. The van der Waals surface area contributed by atoms with E-state index in [1.165, 1.54) is 0 Å². The Hall–Kier alpha value is -1.10. The summed E-state index contributed by atoms with van der Waals surface area (Å²) in [7, 11) is 3.82. The molecule has 0 bridgehead atoms. The van der Waals surface area contributed by atoms with E-state index in [1.54, 1.807) is 7.11 Å². The lowest BCUT2D eigenvalue weighted by atomic mass is 9.97. The lowest BCUT2D eigenvalue weighted by Gasteiger charge is -2.34. The number of hydrogen-bond donors (Lipinski definition) is 1. The van der Waals surface area contributed by atoms with Crippen LogP contribution in [0.2, 0.25) is 0 Å². The maximum absolute atomic E-state index is 10.6. The highest BCUT2D eigenvalue weighted by Crippen LogP contribution is 2.27. The van der Waals surface area contributed by atoms with Crippen molar-refractivity contribution >= 4 is 0 Å². The number of rotatable bonds is 4. The van der Waals surface area contributed by atoms with Gasteiger partial charge in [-0.2, -0.15) is 0 Å². The zero-order chi connectivity index (χ0) is 14.7. The van der Waals surface area contributed by atoms with Gasteiger partial charge in [0.25, 0.3) is 0 Å². The molecule has 0 radical (unpaired) electrons. The first-order valence-electron chi connectivity index (χ1n) is 7.25. The van der Waals surface area contributed by atoms with Gasteiger partial charge >= 0.3 is 0 Å². The smallest absolute Gasteiger partial charge is 0.119 e. The summed E-state index contributed by atoms with van der Waals surface area (Å²) in [4.78, 5) is 4.67. The molecule has 0 spiro atoms. The highest BCUT2D eigenvalue weighted by molar-refractivity contribution is 5.42. The Labute approximate surface area is 122 Å². The lowest BCUT2D eigenvalue weighted by Crippen LogP contribution is -2.45. The minimum atomic E-state index is -0.427. The molecule has 4 nitrogen and oxygen atoms in total. The molecule has 2 rings (SSSR count). The van der Waals surface area contributed by atoms with E-state index in [0.29, 0.717) is 6.54 Å². The van der Waals surface area contributed by atoms with Crippen LogP contribution in [0.5, 0.6) is 5.75 Å². The maximum atomic E-state index is 10.6. The van der Waals surface area contributed by atoms with Crippen molar-refractivity contribution in [1.82, 2.24) is 9.80 Å². The summed E-state index contributed by atoms with van der Waals surface area (Å²) in [6, 6.07) is 3.99. The van der Waals surface area contributed by atoms with Crippen molar-refractivity contribution in [3.63, 3.8) is 0 Å². The van der Waals surface area contributed by atoms with Crippen LogP contribution in [0.15, 0.2) is 12.1 Å². The molecule has 0 amide bonds. The van der Waals surface area contributed by atoms with Crippen molar-refractivity contribution in [3.8, 4) is 5.75 Å². The van der Waals surface area contributed by atoms with Crippen LogP contribution in [0, 0.1) is 13.8 Å². The summed E-state index contributed by atoms with van der Waals surface area (Å²) in [6.45, 7) is 9.00. The van der Waals surface area contributed by atoms with Crippen LogP contribution in [-0.2, 0) is 0 Å². The fourth-order valence-corrected chi connectivity index (χ4v) is 2.94. The highest BCUT2D eigenvalue weighted by Gasteiger charge is 2.20. The van der Waals surface area contributed by atoms with Gasteiger partial charge in [-0.1, -0.05) is 0 Å². The Bertz CT molecular complexity index is 431. The van der Waals surface area contributed by atoms with Crippen LogP contribution in [-0.4, -0.2) is 61.8 Å². The monoisotopic (exact) mass is 278 g/mol. The second-order valence-electron chi connectivity index (χ2n) is 5.79. The van der Waals surface area contributed by atoms with E-state index in [0.717, 1.165) is 48.6 Å². The minimum absolute atomic E-state index is 0.427. The average Bonchev–Trinajstić information content (AvgIpc) is 2.40. The van der Waals surface area contributed by atoms with Crippen molar-refractivity contribution in [2.45, 2.75) is 20.0 Å². The number of benzene rings is 1. The molecule has 0 aliphatic carbocycles. The van der Waals surface area contributed by atoms with Gasteiger partial charge in [0.2, 0.25) is 0 Å². The fourth-order valence-electron chi connectivity index (χ4n) is 2.94. The summed E-state index contributed by atoms with van der Waals surface area (Å²) < 4.78 is 5.27. The van der Waals surface area contributed by atoms with Crippen LogP contribution >= 0.6 is 0 Å². The number of piperazine rings is 1. The normalized spacial score (nSPS) is 19.1. The molecule has 1 N–H and O–H groups in total. The first kappa shape index (κ1) is 15.3. The molecule has 0 saturated carbocycles. The molecule has 1 fully saturated rings. The summed E-state index contributed by atoms with van der Waals surface area (Å²) in [5, 5.41) is 10.6. The van der Waals surface area contributed by atoms with Gasteiger partial charge in [-0.05, 0) is 49.7 Å². The van der Waals surface area contributed by atoms with Crippen molar-refractivity contribution in [1.29, 1.82) is 0 Å². The molecule has 0 aromatic heterocycles. The molecule has 1 heterocycles. The van der Waals surface area contributed by atoms with E-state index in [1.807, 2.05) is 26.0 Å². The Morgan fingerprint density at radius 3 is 2.20 bits per heavy atom. The zero-order valence-electron chi connectivity index (χ0n) is 13.0. The number of likely N-dealkylation sites (N-methyl/N-ethyl adjacent to an activating group) is 1. The Morgan fingerprint density at radius 2 is 1.70 bits per heavy atom. The molecule has 1 aliphatic rings. The number of ether oxygens (including phenoxy) is 1. The van der Waals surface area contributed by atoms with Crippen molar-refractivity contribution < 1.29 is 9.84 Å². The second-order valence-corrected chi connectivity index (χ2v) is 5.79. The van der Waals surface area contributed by atoms with Gasteiger partial charge < -0.3 is 14.7 Å². The van der Waals surface area contributed by atoms with E-state index in [9.17, 15) is 5.11 Å². The minimum Gasteiger partial charge on any atom is -0.497 e. The fraction of sp³-hybridized carbons (Fsp3) is 0.625. The van der Waals surface area contributed by atoms with Gasteiger partial charge in [-0.25, -0.2) is 0 Å². The molecule has 4 heteroatoms. The SMILES string of the molecule is COc1cc(C)c(C(O)CN2CCN(C)CC2)c(C)c1. The Kier molecular flexibility index (Phi) is 5.02. The number of hydrogen-bond acceptors (Lipinski definition) is 4. The van der Waals surface area contributed by atoms with Gasteiger partial charge in [-0.3, -0.25) is 4.90 Å². The molecule has 20 heavy (non-hydrogen) atoms. The first-order chi connectivity index (χ1) is 9.51. The zero-order valence-corrected chi connectivity index (χ0v) is 13.0. The predicted molar refractivity (Wildman–Crippen MR) is 81.4 cm³/mol. The molecule has 1 unspecified atom stereocenters. The van der Waals surface area contributed by atoms with Crippen molar-refractivity contribution in [2.75, 3.05) is 46.9 Å². The first-order valence-corrected chi connectivity index (χ1v) is 7.25. The molecule has 1 saturated heterocycles. The van der Waals surface area contributed by atoms with E-state index in [-0.39, 0.29) is 0 Å². The van der Waals surface area contributed by atoms with E-state index < -0.39 is 6.10 Å². The van der Waals surface area contributed by atoms with Gasteiger partial charge in [0.15, 0.2) is 0 Å². The third-order valence-electron chi connectivity index (χ3n) is 4.16. The summed E-state index contributed by atoms with van der Waals surface area (Å²) in [5.74, 6) is 0.857. The summed E-state index contributed by atoms with van der Waals surface area (Å²) in [5.41, 5.74) is 3.25. The van der Waals surface area contributed by atoms with E-state index >= 15 is 0 Å². The van der Waals surface area contributed by atoms with Crippen LogP contribution in [0.4, 0.5) is 0 Å². The van der Waals surface area contributed by atoms with Gasteiger partial charge in [0.1, 0.15) is 5.75 Å². The molecule has 1 aromatic carbocycles. The van der Waals surface area contributed by atoms with Crippen LogP contribution in [0.3, 0.4) is 0 Å². The number of aliphatic hydroxyl groups is 1. The number of nitrogens with zero attached hydrogens (tertiary/aromatic N) is 2. The standard InChI is InChI=1S/C16H26N2O2/c1-12-9-14(20-4)10-13(2)16(12)15(19)11-18-7-5-17(3)6-8-18/h9-10,15,19H,5-8,11H2,1-4H3. The van der Waals surface area contributed by atoms with Crippen molar-refractivity contribution in [3.05, 3.63) is 28.8 Å². The van der Waals surface area contributed by atoms with Crippen LogP contribution in [0.1, 0.15) is 22.8 Å². The number of β-amino-alcohol motifs (C(OH)–C–C–N with tert-alkyl or cyclic N) is 1. The summed E-state index contributed by atoms with van der Waals surface area (Å²) >= 11 is 0. The average molecular weight is 278 g/mol. The van der Waals surface area contributed by atoms with Gasteiger partial charge in [0, 0.05) is 32.7 Å². The Balaban J connectivity index is 2.07. The van der Waals surface area contributed by atoms with E-state index in [4.69, 9.17) is 4.74 Å². The molecular weight excluding hydrogens is 252 g/mol. The number of methoxy groups -OCH3 is 1. The third-order valence-corrected chi connectivity index (χ3v) is 4.16. The number of aryl methyl sites for hydroxylation is 2. The van der Waals surface area contributed by atoms with E-state index in [2.05, 4.69) is 16.8 Å². The second kappa shape index (κ2) is 6.57. The highest BCUT2D eigenvalue weighted by atomic mass is 16.5. The predicted octanol–water partition coefficient (Wildman–Crippen LogP) is 1.59. The molecule has 1 atom stereocenters. The maximum Gasteiger partial charge on any atom is 0.119 e. The third kappa shape index (κ3) is 3.51. The molecule has 112 valence electrons. The number of aliphatic hydroxyl groups excluding tert-OH is 1. The summed E-state index contributed by atoms with van der Waals surface area (Å²) in [6.07, 6.45) is -0.427. The largest absolute Gasteiger partial charge is 0.497 e. The lowest BCUT2D eigenvalue weighted by molar-refractivity contribution is 0.0798. The topological polar surface area (TPSA) is 35.9 Å². The molecule has 1 aliphatic heterocycles. The quantitative estimate of drug-likeness (QED) is 0.907. The van der Waals surface area contributed by atoms with Gasteiger partial charge in [0.05, 0.1) is 13.2 Å². The van der Waals surface area contributed by atoms with Crippen LogP contribution in [0.25, 0.3) is 0 Å². The van der Waals surface area contributed by atoms with Crippen LogP contribution < -0.4 is 4.74 Å². The van der Waals surface area contributed by atoms with Crippen molar-refractivity contribution in [2.24, 2.45) is 0 Å². The Morgan fingerprint density at radius 1 is 1.15 bits per heavy atom.